The molecule has 0 radical (unpaired) electrons. The van der Waals surface area contributed by atoms with Crippen molar-refractivity contribution in [2.45, 2.75) is 33.9 Å². The van der Waals surface area contributed by atoms with Crippen LogP contribution < -0.4 is 10.1 Å². The van der Waals surface area contributed by atoms with Gasteiger partial charge in [0, 0.05) is 23.9 Å². The van der Waals surface area contributed by atoms with Crippen LogP contribution in [0.4, 0.5) is 5.82 Å². The van der Waals surface area contributed by atoms with Gasteiger partial charge in [0.05, 0.1) is 25.5 Å². The van der Waals surface area contributed by atoms with Crippen molar-refractivity contribution in [2.24, 2.45) is 0 Å². The summed E-state index contributed by atoms with van der Waals surface area (Å²) in [5.74, 6) is 1.39. The average Bonchev–Trinajstić information content (AvgIpc) is 2.73. The molecule has 0 saturated heterocycles. The number of aromatic nitrogens is 3. The fourth-order valence-electron chi connectivity index (χ4n) is 2.22. The van der Waals surface area contributed by atoms with E-state index in [-0.39, 0.29) is 6.61 Å². The number of nitrogens with one attached hydrogen (secondary N) is 1. The Hall–Kier alpha value is -2.08. The summed E-state index contributed by atoms with van der Waals surface area (Å²) in [4.78, 5) is 4.38. The number of aryl methyl sites for hydroxylation is 1. The minimum atomic E-state index is 0.0901. The first-order chi connectivity index (χ1) is 10.2. The van der Waals surface area contributed by atoms with E-state index in [9.17, 15) is 0 Å². The van der Waals surface area contributed by atoms with Crippen LogP contribution >= 0.6 is 0 Å². The number of anilines is 1. The molecule has 2 aromatic heterocycles. The van der Waals surface area contributed by atoms with Crippen molar-refractivity contribution < 1.29 is 9.84 Å². The lowest BCUT2D eigenvalue weighted by Crippen LogP contribution is -2.07. The van der Waals surface area contributed by atoms with E-state index in [0.717, 1.165) is 22.8 Å². The van der Waals surface area contributed by atoms with Gasteiger partial charge in [0.15, 0.2) is 0 Å². The monoisotopic (exact) mass is 290 g/mol. The highest BCUT2D eigenvalue weighted by molar-refractivity contribution is 5.39. The Balaban J connectivity index is 2.07. The lowest BCUT2D eigenvalue weighted by atomic mass is 10.2. The van der Waals surface area contributed by atoms with Gasteiger partial charge in [-0.2, -0.15) is 10.1 Å². The van der Waals surface area contributed by atoms with Crippen LogP contribution in [0, 0.1) is 13.8 Å². The summed E-state index contributed by atoms with van der Waals surface area (Å²) in [5, 5.41) is 16.8. The third kappa shape index (κ3) is 3.72. The molecule has 0 aliphatic rings. The molecule has 0 aliphatic heterocycles. The smallest absolute Gasteiger partial charge is 0.215 e. The van der Waals surface area contributed by atoms with Crippen molar-refractivity contribution in [3.8, 4) is 5.88 Å². The van der Waals surface area contributed by atoms with Gasteiger partial charge in [0.1, 0.15) is 5.82 Å². The highest BCUT2D eigenvalue weighted by Crippen LogP contribution is 2.16. The van der Waals surface area contributed by atoms with Gasteiger partial charge < -0.3 is 15.2 Å². The molecular formula is C15H22N4O2. The molecule has 6 nitrogen and oxygen atoms in total. The van der Waals surface area contributed by atoms with Crippen LogP contribution in [0.1, 0.15) is 23.9 Å². The van der Waals surface area contributed by atoms with Crippen molar-refractivity contribution in [3.63, 3.8) is 0 Å². The second kappa shape index (κ2) is 7.08. The van der Waals surface area contributed by atoms with Gasteiger partial charge >= 0.3 is 0 Å². The number of aliphatic hydroxyl groups excluding tert-OH is 1. The van der Waals surface area contributed by atoms with Gasteiger partial charge in [-0.15, -0.1) is 0 Å². The number of aliphatic hydroxyl groups is 1. The zero-order valence-electron chi connectivity index (χ0n) is 12.8. The molecule has 0 fully saturated rings. The molecule has 0 unspecified atom stereocenters. The number of rotatable bonds is 7. The quantitative estimate of drug-likeness (QED) is 0.815. The Morgan fingerprint density at radius 3 is 2.86 bits per heavy atom. The average molecular weight is 290 g/mol. The van der Waals surface area contributed by atoms with Gasteiger partial charge in [-0.3, -0.25) is 4.68 Å². The Labute approximate surface area is 124 Å². The van der Waals surface area contributed by atoms with Crippen LogP contribution in [-0.2, 0) is 13.1 Å². The second-order valence-corrected chi connectivity index (χ2v) is 4.74. The molecule has 114 valence electrons. The molecule has 2 aromatic rings. The number of hydrogen-bond donors (Lipinski definition) is 2. The maximum Gasteiger partial charge on any atom is 0.215 e. The van der Waals surface area contributed by atoms with Gasteiger partial charge in [0.25, 0.3) is 0 Å². The lowest BCUT2D eigenvalue weighted by Gasteiger charge is -2.08. The molecule has 0 bridgehead atoms. The van der Waals surface area contributed by atoms with E-state index in [1.807, 2.05) is 43.7 Å². The number of nitrogens with zero attached hydrogens (tertiary/aromatic N) is 3. The van der Waals surface area contributed by atoms with Crippen molar-refractivity contribution in [1.82, 2.24) is 14.8 Å². The van der Waals surface area contributed by atoms with E-state index < -0.39 is 0 Å². The zero-order valence-corrected chi connectivity index (χ0v) is 12.8. The van der Waals surface area contributed by atoms with Crippen LogP contribution in [0.25, 0.3) is 0 Å². The van der Waals surface area contributed by atoms with E-state index >= 15 is 0 Å². The van der Waals surface area contributed by atoms with E-state index in [4.69, 9.17) is 9.84 Å². The largest absolute Gasteiger partial charge is 0.478 e. The molecule has 2 N–H and O–H groups in total. The summed E-state index contributed by atoms with van der Waals surface area (Å²) >= 11 is 0. The summed E-state index contributed by atoms with van der Waals surface area (Å²) < 4.78 is 7.22. The van der Waals surface area contributed by atoms with Gasteiger partial charge in [0.2, 0.25) is 5.88 Å². The summed E-state index contributed by atoms with van der Waals surface area (Å²) in [6.45, 7) is 7.77. The highest BCUT2D eigenvalue weighted by atomic mass is 16.5. The first-order valence-corrected chi connectivity index (χ1v) is 7.13. The first-order valence-electron chi connectivity index (χ1n) is 7.13. The van der Waals surface area contributed by atoms with Crippen molar-refractivity contribution in [2.75, 3.05) is 18.5 Å². The maximum absolute atomic E-state index is 9.03. The molecule has 0 amide bonds. The van der Waals surface area contributed by atoms with E-state index in [2.05, 4.69) is 15.4 Å². The minimum absolute atomic E-state index is 0.0901. The molecule has 0 spiro atoms. The van der Waals surface area contributed by atoms with Crippen molar-refractivity contribution >= 4 is 5.82 Å². The molecule has 0 aromatic carbocycles. The molecule has 2 rings (SSSR count). The van der Waals surface area contributed by atoms with Crippen LogP contribution in [0.5, 0.6) is 5.88 Å². The molecule has 21 heavy (non-hydrogen) atoms. The molecule has 6 heteroatoms. The van der Waals surface area contributed by atoms with Gasteiger partial charge in [-0.1, -0.05) is 6.07 Å². The Morgan fingerprint density at radius 2 is 2.14 bits per heavy atom. The van der Waals surface area contributed by atoms with Gasteiger partial charge in [-0.05, 0) is 26.8 Å². The fourth-order valence-corrected chi connectivity index (χ4v) is 2.22. The van der Waals surface area contributed by atoms with Crippen LogP contribution in [0.3, 0.4) is 0 Å². The number of pyridine rings is 1. The van der Waals surface area contributed by atoms with Gasteiger partial charge in [-0.25, -0.2) is 0 Å². The Morgan fingerprint density at radius 1 is 1.33 bits per heavy atom. The van der Waals surface area contributed by atoms with E-state index in [1.165, 1.54) is 0 Å². The van der Waals surface area contributed by atoms with Crippen LogP contribution in [0.15, 0.2) is 18.2 Å². The number of ether oxygens (including phenoxy) is 1. The minimum Gasteiger partial charge on any atom is -0.478 e. The van der Waals surface area contributed by atoms with E-state index in [1.54, 1.807) is 0 Å². The predicted molar refractivity (Wildman–Crippen MR) is 81.5 cm³/mol. The lowest BCUT2D eigenvalue weighted by molar-refractivity contribution is 0.268. The Kier molecular flexibility index (Phi) is 5.16. The Bertz CT molecular complexity index is 595. The van der Waals surface area contributed by atoms with E-state index in [0.29, 0.717) is 25.6 Å². The maximum atomic E-state index is 9.03. The van der Waals surface area contributed by atoms with Crippen molar-refractivity contribution in [1.29, 1.82) is 0 Å². The molecule has 0 atom stereocenters. The standard InChI is InChI=1S/C15H22N4O2/c1-4-21-15-7-5-6-14(17-15)16-10-13-11(2)18-19(8-9-20)12(13)3/h5-7,20H,4,8-10H2,1-3H3,(H,16,17). The molecule has 0 aliphatic carbocycles. The summed E-state index contributed by atoms with van der Waals surface area (Å²) in [6.07, 6.45) is 0. The zero-order chi connectivity index (χ0) is 15.2. The first kappa shape index (κ1) is 15.3. The predicted octanol–water partition coefficient (Wildman–Crippen LogP) is 1.90. The SMILES string of the molecule is CCOc1cccc(NCc2c(C)nn(CCO)c2C)n1. The van der Waals surface area contributed by atoms with Crippen molar-refractivity contribution in [3.05, 3.63) is 35.2 Å². The highest BCUT2D eigenvalue weighted by Gasteiger charge is 2.11. The summed E-state index contributed by atoms with van der Waals surface area (Å²) in [5.41, 5.74) is 3.16. The molecular weight excluding hydrogens is 268 g/mol. The second-order valence-electron chi connectivity index (χ2n) is 4.74. The summed E-state index contributed by atoms with van der Waals surface area (Å²) in [6, 6.07) is 5.66. The fraction of sp³-hybridized carbons (Fsp3) is 0.467. The molecule has 0 saturated carbocycles. The third-order valence-corrected chi connectivity index (χ3v) is 3.31. The normalized spacial score (nSPS) is 10.7. The number of hydrogen-bond acceptors (Lipinski definition) is 5. The third-order valence-electron chi connectivity index (χ3n) is 3.31. The summed E-state index contributed by atoms with van der Waals surface area (Å²) in [7, 11) is 0. The molecule has 2 heterocycles. The van der Waals surface area contributed by atoms with Crippen LogP contribution in [0.2, 0.25) is 0 Å². The van der Waals surface area contributed by atoms with Crippen LogP contribution in [-0.4, -0.2) is 33.1 Å². The topological polar surface area (TPSA) is 72.2 Å².